The first-order valence-corrected chi connectivity index (χ1v) is 13.0. The van der Waals surface area contributed by atoms with Gasteiger partial charge in [-0.25, -0.2) is 8.42 Å². The summed E-state index contributed by atoms with van der Waals surface area (Å²) in [6.45, 7) is 1.65. The number of ether oxygens (including phenoxy) is 1. The zero-order chi connectivity index (χ0) is 23.7. The van der Waals surface area contributed by atoms with Crippen molar-refractivity contribution in [2.24, 2.45) is 4.99 Å². The van der Waals surface area contributed by atoms with Gasteiger partial charge in [-0.15, -0.1) is 6.42 Å². The second-order valence-electron chi connectivity index (χ2n) is 7.77. The van der Waals surface area contributed by atoms with Gasteiger partial charge in [0.25, 0.3) is 5.91 Å². The second kappa shape index (κ2) is 9.16. The molecule has 5 rings (SSSR count). The molecule has 9 heteroatoms. The molecule has 3 aromatic carbocycles. The SMILES string of the molecule is C#CCn1c(=NC(=O)c2ccc(S(=O)(=O)N3CCOCC3)cc2)sc2c3ccccc3ccc21. The van der Waals surface area contributed by atoms with Crippen LogP contribution >= 0.6 is 11.3 Å². The van der Waals surface area contributed by atoms with Gasteiger partial charge in [0, 0.05) is 24.0 Å². The molecule has 0 N–H and O–H groups in total. The Morgan fingerprint density at radius 3 is 2.53 bits per heavy atom. The number of hydrogen-bond acceptors (Lipinski definition) is 5. The van der Waals surface area contributed by atoms with Crippen LogP contribution in [0.4, 0.5) is 0 Å². The third-order valence-electron chi connectivity index (χ3n) is 5.73. The number of benzene rings is 3. The van der Waals surface area contributed by atoms with Crippen LogP contribution in [0.25, 0.3) is 21.0 Å². The number of amides is 1. The van der Waals surface area contributed by atoms with Gasteiger partial charge >= 0.3 is 0 Å². The lowest BCUT2D eigenvalue weighted by Gasteiger charge is -2.26. The van der Waals surface area contributed by atoms with Crippen LogP contribution < -0.4 is 4.80 Å². The van der Waals surface area contributed by atoms with Crippen molar-refractivity contribution in [3.63, 3.8) is 0 Å². The van der Waals surface area contributed by atoms with Gasteiger partial charge in [-0.1, -0.05) is 47.6 Å². The van der Waals surface area contributed by atoms with Gasteiger partial charge in [0.1, 0.15) is 0 Å². The van der Waals surface area contributed by atoms with Gasteiger partial charge in [0.05, 0.1) is 34.9 Å². The lowest BCUT2D eigenvalue weighted by atomic mass is 10.1. The van der Waals surface area contributed by atoms with Crippen molar-refractivity contribution in [1.29, 1.82) is 0 Å². The van der Waals surface area contributed by atoms with E-state index in [0.29, 0.717) is 36.7 Å². The fourth-order valence-corrected chi connectivity index (χ4v) is 6.56. The number of morpholine rings is 1. The van der Waals surface area contributed by atoms with E-state index in [-0.39, 0.29) is 11.4 Å². The van der Waals surface area contributed by atoms with Crippen molar-refractivity contribution in [2.45, 2.75) is 11.4 Å². The zero-order valence-corrected chi connectivity index (χ0v) is 19.8. The van der Waals surface area contributed by atoms with Crippen molar-refractivity contribution in [3.05, 3.63) is 71.0 Å². The van der Waals surface area contributed by atoms with Crippen molar-refractivity contribution >= 4 is 48.3 Å². The number of carbonyl (C=O) groups is 1. The number of terminal acetylenes is 1. The molecule has 0 saturated carbocycles. The molecule has 7 nitrogen and oxygen atoms in total. The number of rotatable bonds is 4. The summed E-state index contributed by atoms with van der Waals surface area (Å²) >= 11 is 1.41. The quantitative estimate of drug-likeness (QED) is 0.411. The first-order chi connectivity index (χ1) is 16.5. The van der Waals surface area contributed by atoms with Gasteiger partial charge in [-0.3, -0.25) is 4.79 Å². The van der Waals surface area contributed by atoms with Gasteiger partial charge in [-0.2, -0.15) is 9.30 Å². The number of nitrogens with zero attached hydrogens (tertiary/aromatic N) is 3. The molecule has 4 aromatic rings. The summed E-state index contributed by atoms with van der Waals surface area (Å²) in [5, 5.41) is 2.17. The molecule has 172 valence electrons. The van der Waals surface area contributed by atoms with E-state index < -0.39 is 15.9 Å². The molecule has 1 aliphatic rings. The third-order valence-corrected chi connectivity index (χ3v) is 8.77. The predicted octanol–water partition coefficient (Wildman–Crippen LogP) is 3.25. The fourth-order valence-electron chi connectivity index (χ4n) is 3.98. The highest BCUT2D eigenvalue weighted by Gasteiger charge is 2.26. The van der Waals surface area contributed by atoms with Crippen LogP contribution in [-0.4, -0.2) is 49.5 Å². The van der Waals surface area contributed by atoms with Crippen LogP contribution in [-0.2, 0) is 21.3 Å². The number of hydrogen-bond donors (Lipinski definition) is 0. The molecule has 0 unspecified atom stereocenters. The minimum Gasteiger partial charge on any atom is -0.379 e. The van der Waals surface area contributed by atoms with Gasteiger partial charge in [-0.05, 0) is 35.7 Å². The van der Waals surface area contributed by atoms with E-state index in [1.807, 2.05) is 41.0 Å². The van der Waals surface area contributed by atoms with E-state index in [1.54, 1.807) is 0 Å². The van der Waals surface area contributed by atoms with Crippen molar-refractivity contribution in [3.8, 4) is 12.3 Å². The predicted molar refractivity (Wildman–Crippen MR) is 132 cm³/mol. The largest absolute Gasteiger partial charge is 0.379 e. The fraction of sp³-hybridized carbons (Fsp3) is 0.200. The summed E-state index contributed by atoms with van der Waals surface area (Å²) < 4.78 is 35.1. The summed E-state index contributed by atoms with van der Waals surface area (Å²) in [4.78, 5) is 18.0. The first-order valence-electron chi connectivity index (χ1n) is 10.7. The Balaban J connectivity index is 1.52. The topological polar surface area (TPSA) is 81.0 Å². The normalized spacial score (nSPS) is 15.6. The number of aromatic nitrogens is 1. The second-order valence-corrected chi connectivity index (χ2v) is 10.7. The standard InChI is InChI=1S/C25H21N3O4S2/c1-2-13-28-22-12-9-18-5-3-4-6-21(18)23(22)33-25(28)26-24(29)19-7-10-20(11-8-19)34(30,31)27-14-16-32-17-15-27/h1,3-12H,13-17H2. The van der Waals surface area contributed by atoms with Crippen LogP contribution in [0, 0.1) is 12.3 Å². The van der Waals surface area contributed by atoms with Crippen LogP contribution in [0.2, 0.25) is 0 Å². The minimum absolute atomic E-state index is 0.140. The number of carbonyl (C=O) groups excluding carboxylic acids is 1. The van der Waals surface area contributed by atoms with E-state index >= 15 is 0 Å². The summed E-state index contributed by atoms with van der Waals surface area (Å²) in [5.74, 6) is 2.18. The van der Waals surface area contributed by atoms with Crippen LogP contribution in [0.5, 0.6) is 0 Å². The van der Waals surface area contributed by atoms with E-state index in [2.05, 4.69) is 10.9 Å². The molecule has 0 radical (unpaired) electrons. The highest BCUT2D eigenvalue weighted by Crippen LogP contribution is 2.27. The third kappa shape index (κ3) is 4.06. The molecule has 1 aromatic heterocycles. The minimum atomic E-state index is -3.63. The van der Waals surface area contributed by atoms with E-state index in [9.17, 15) is 13.2 Å². The molecule has 2 heterocycles. The summed E-state index contributed by atoms with van der Waals surface area (Å²) in [6.07, 6.45) is 5.59. The highest BCUT2D eigenvalue weighted by atomic mass is 32.2. The Labute approximate surface area is 201 Å². The smallest absolute Gasteiger partial charge is 0.279 e. The Kier molecular flexibility index (Phi) is 6.06. The Morgan fingerprint density at radius 1 is 1.06 bits per heavy atom. The van der Waals surface area contributed by atoms with Crippen LogP contribution in [0.15, 0.2) is 70.6 Å². The van der Waals surface area contributed by atoms with Gasteiger partial charge in [0.15, 0.2) is 4.80 Å². The lowest BCUT2D eigenvalue weighted by Crippen LogP contribution is -2.40. The molecule has 1 fully saturated rings. The average molecular weight is 492 g/mol. The Morgan fingerprint density at radius 2 is 1.79 bits per heavy atom. The number of fused-ring (bicyclic) bond motifs is 3. The maximum atomic E-state index is 13.0. The summed E-state index contributed by atoms with van der Waals surface area (Å²) in [7, 11) is -3.63. The molecule has 0 aliphatic carbocycles. The van der Waals surface area contributed by atoms with Gasteiger partial charge < -0.3 is 9.30 Å². The molecule has 1 saturated heterocycles. The van der Waals surface area contributed by atoms with E-state index in [4.69, 9.17) is 11.2 Å². The molecular formula is C25H21N3O4S2. The Hall–Kier alpha value is -3.29. The molecular weight excluding hydrogens is 470 g/mol. The maximum absolute atomic E-state index is 13.0. The van der Waals surface area contributed by atoms with Crippen LogP contribution in [0.3, 0.4) is 0 Å². The average Bonchev–Trinajstić information content (AvgIpc) is 3.22. The molecule has 0 bridgehead atoms. The summed E-state index contributed by atoms with van der Waals surface area (Å²) in [6, 6.07) is 17.9. The first kappa shape index (κ1) is 22.5. The summed E-state index contributed by atoms with van der Waals surface area (Å²) in [5.41, 5.74) is 1.22. The van der Waals surface area contributed by atoms with Gasteiger partial charge in [0.2, 0.25) is 10.0 Å². The van der Waals surface area contributed by atoms with Crippen molar-refractivity contribution < 1.29 is 17.9 Å². The Bertz CT molecular complexity index is 1600. The molecule has 0 atom stereocenters. The van der Waals surface area contributed by atoms with Crippen LogP contribution in [0.1, 0.15) is 10.4 Å². The maximum Gasteiger partial charge on any atom is 0.279 e. The molecule has 34 heavy (non-hydrogen) atoms. The molecule has 1 amide bonds. The molecule has 0 spiro atoms. The van der Waals surface area contributed by atoms with Crippen molar-refractivity contribution in [2.75, 3.05) is 26.3 Å². The number of thiazole rings is 1. The number of sulfonamides is 1. The highest BCUT2D eigenvalue weighted by molar-refractivity contribution is 7.89. The van der Waals surface area contributed by atoms with Crippen molar-refractivity contribution in [1.82, 2.24) is 8.87 Å². The van der Waals surface area contributed by atoms with E-state index in [1.165, 1.54) is 39.9 Å². The monoisotopic (exact) mass is 491 g/mol. The van der Waals surface area contributed by atoms with E-state index in [0.717, 1.165) is 21.0 Å². The zero-order valence-electron chi connectivity index (χ0n) is 18.2. The lowest BCUT2D eigenvalue weighted by molar-refractivity contribution is 0.0730. The molecule has 1 aliphatic heterocycles.